The molecule has 0 aliphatic rings. The quantitative estimate of drug-likeness (QED) is 0.734. The molecule has 2 rings (SSSR count). The van der Waals surface area contributed by atoms with Crippen molar-refractivity contribution in [1.82, 2.24) is 15.1 Å². The fourth-order valence-corrected chi connectivity index (χ4v) is 2.35. The molecular formula is C17H24N4O2. The first-order chi connectivity index (χ1) is 11.1. The van der Waals surface area contributed by atoms with Gasteiger partial charge in [-0.15, -0.1) is 0 Å². The molecule has 0 spiro atoms. The van der Waals surface area contributed by atoms with E-state index < -0.39 is 6.10 Å². The van der Waals surface area contributed by atoms with Gasteiger partial charge in [0.2, 0.25) is 0 Å². The number of carbonyl (C=O) groups is 1. The van der Waals surface area contributed by atoms with E-state index in [1.807, 2.05) is 36.4 Å². The second kappa shape index (κ2) is 8.33. The summed E-state index contributed by atoms with van der Waals surface area (Å²) in [6, 6.07) is 11.0. The Bertz CT molecular complexity index is 625. The number of aliphatic hydroxyl groups excluding tert-OH is 1. The molecule has 3 N–H and O–H groups in total. The molecule has 0 aliphatic heterocycles. The Kier molecular flexibility index (Phi) is 6.17. The van der Waals surface area contributed by atoms with Gasteiger partial charge in [-0.1, -0.05) is 43.7 Å². The minimum atomic E-state index is -0.579. The van der Waals surface area contributed by atoms with Gasteiger partial charge in [0.05, 0.1) is 11.8 Å². The minimum absolute atomic E-state index is 0.295. The highest BCUT2D eigenvalue weighted by Crippen LogP contribution is 2.15. The number of urea groups is 1. The summed E-state index contributed by atoms with van der Waals surface area (Å²) in [6.07, 6.45) is 1.79. The first-order valence-electron chi connectivity index (χ1n) is 7.91. The van der Waals surface area contributed by atoms with Crippen molar-refractivity contribution in [1.29, 1.82) is 0 Å². The summed E-state index contributed by atoms with van der Waals surface area (Å²) in [5, 5.41) is 19.9. The number of nitrogens with one attached hydrogen (secondary N) is 2. The zero-order valence-corrected chi connectivity index (χ0v) is 13.6. The molecule has 1 unspecified atom stereocenters. The summed E-state index contributed by atoms with van der Waals surface area (Å²) in [5.74, 6) is 0.662. The lowest BCUT2D eigenvalue weighted by Gasteiger charge is -2.12. The van der Waals surface area contributed by atoms with Gasteiger partial charge >= 0.3 is 6.03 Å². The van der Waals surface area contributed by atoms with Crippen LogP contribution in [-0.2, 0) is 13.5 Å². The number of hydrogen-bond donors (Lipinski definition) is 3. The van der Waals surface area contributed by atoms with Crippen molar-refractivity contribution in [2.24, 2.45) is 7.05 Å². The van der Waals surface area contributed by atoms with Crippen LogP contribution in [0.5, 0.6) is 0 Å². The summed E-state index contributed by atoms with van der Waals surface area (Å²) < 4.78 is 1.66. The van der Waals surface area contributed by atoms with Gasteiger partial charge in [-0.05, 0) is 18.4 Å². The lowest BCUT2D eigenvalue weighted by atomic mass is 10.1. The number of aromatic nitrogens is 2. The van der Waals surface area contributed by atoms with E-state index in [0.29, 0.717) is 18.8 Å². The fourth-order valence-electron chi connectivity index (χ4n) is 2.35. The summed E-state index contributed by atoms with van der Waals surface area (Å²) in [5.41, 5.74) is 1.82. The molecule has 1 heterocycles. The third-order valence-corrected chi connectivity index (χ3v) is 3.57. The monoisotopic (exact) mass is 316 g/mol. The molecule has 23 heavy (non-hydrogen) atoms. The van der Waals surface area contributed by atoms with Crippen LogP contribution in [0.15, 0.2) is 36.4 Å². The van der Waals surface area contributed by atoms with Crippen molar-refractivity contribution in [2.45, 2.75) is 32.3 Å². The van der Waals surface area contributed by atoms with E-state index in [2.05, 4.69) is 22.7 Å². The molecule has 2 amide bonds. The molecule has 2 aromatic rings. The summed E-state index contributed by atoms with van der Waals surface area (Å²) in [4.78, 5) is 11.9. The maximum atomic E-state index is 11.9. The van der Waals surface area contributed by atoms with Crippen molar-refractivity contribution >= 4 is 11.8 Å². The average Bonchev–Trinajstić information content (AvgIpc) is 2.88. The van der Waals surface area contributed by atoms with Gasteiger partial charge in [0, 0.05) is 19.7 Å². The fraction of sp³-hybridized carbons (Fsp3) is 0.412. The molecule has 1 aromatic carbocycles. The molecule has 0 radical (unpaired) electrons. The van der Waals surface area contributed by atoms with Crippen molar-refractivity contribution in [3.05, 3.63) is 47.7 Å². The smallest absolute Gasteiger partial charge is 0.320 e. The first kappa shape index (κ1) is 17.0. The zero-order valence-electron chi connectivity index (χ0n) is 13.6. The van der Waals surface area contributed by atoms with Gasteiger partial charge in [-0.25, -0.2) is 4.79 Å². The lowest BCUT2D eigenvalue weighted by molar-refractivity contribution is 0.167. The van der Waals surface area contributed by atoms with Crippen molar-refractivity contribution < 1.29 is 9.90 Å². The zero-order chi connectivity index (χ0) is 16.7. The van der Waals surface area contributed by atoms with Crippen molar-refractivity contribution in [2.75, 3.05) is 11.9 Å². The third-order valence-electron chi connectivity index (χ3n) is 3.57. The van der Waals surface area contributed by atoms with Gasteiger partial charge in [0.25, 0.3) is 0 Å². The number of amides is 2. The number of nitrogens with zero attached hydrogens (tertiary/aromatic N) is 2. The van der Waals surface area contributed by atoms with Crippen LogP contribution < -0.4 is 10.6 Å². The second-order valence-electron chi connectivity index (χ2n) is 5.49. The Labute approximate surface area is 136 Å². The maximum absolute atomic E-state index is 11.9. The van der Waals surface area contributed by atoms with Crippen molar-refractivity contribution in [3.63, 3.8) is 0 Å². The lowest BCUT2D eigenvalue weighted by Crippen LogP contribution is -2.31. The summed E-state index contributed by atoms with van der Waals surface area (Å²) >= 11 is 0. The van der Waals surface area contributed by atoms with Gasteiger partial charge in [0.1, 0.15) is 5.82 Å². The Hall–Kier alpha value is -2.34. The third kappa shape index (κ3) is 5.10. The van der Waals surface area contributed by atoms with Crippen LogP contribution in [0.4, 0.5) is 10.6 Å². The van der Waals surface area contributed by atoms with E-state index >= 15 is 0 Å². The predicted molar refractivity (Wildman–Crippen MR) is 90.2 cm³/mol. The van der Waals surface area contributed by atoms with E-state index in [9.17, 15) is 9.90 Å². The van der Waals surface area contributed by atoms with Gasteiger partial charge < -0.3 is 10.4 Å². The Balaban J connectivity index is 1.77. The van der Waals surface area contributed by atoms with Crippen LogP contribution in [0, 0.1) is 0 Å². The average molecular weight is 316 g/mol. The number of hydrogen-bond acceptors (Lipinski definition) is 3. The van der Waals surface area contributed by atoms with E-state index in [4.69, 9.17) is 0 Å². The molecule has 6 heteroatoms. The second-order valence-corrected chi connectivity index (χ2v) is 5.49. The largest absolute Gasteiger partial charge is 0.388 e. The van der Waals surface area contributed by atoms with Crippen LogP contribution in [0.25, 0.3) is 0 Å². The first-order valence-corrected chi connectivity index (χ1v) is 7.91. The minimum Gasteiger partial charge on any atom is -0.388 e. The number of benzene rings is 1. The molecule has 0 aliphatic carbocycles. The molecule has 0 bridgehead atoms. The molecule has 0 saturated carbocycles. The maximum Gasteiger partial charge on any atom is 0.320 e. The molecule has 1 aromatic heterocycles. The number of aliphatic hydroxyl groups is 1. The number of rotatable bonds is 7. The van der Waals surface area contributed by atoms with Crippen LogP contribution in [0.3, 0.4) is 0 Å². The van der Waals surface area contributed by atoms with Crippen molar-refractivity contribution in [3.8, 4) is 0 Å². The highest BCUT2D eigenvalue weighted by Gasteiger charge is 2.10. The Morgan fingerprint density at radius 1 is 1.35 bits per heavy atom. The SMILES string of the molecule is CCCc1cc(NC(=O)NCCC(O)c2ccccc2)n(C)n1. The van der Waals surface area contributed by atoms with E-state index in [-0.39, 0.29) is 6.03 Å². The highest BCUT2D eigenvalue weighted by molar-refractivity contribution is 5.88. The van der Waals surface area contributed by atoms with Gasteiger partial charge in [-0.2, -0.15) is 5.10 Å². The molecule has 0 fully saturated rings. The predicted octanol–water partition coefficient (Wildman–Crippen LogP) is 2.62. The van der Waals surface area contributed by atoms with E-state index in [1.54, 1.807) is 11.7 Å². The molecule has 124 valence electrons. The number of aryl methyl sites for hydroxylation is 2. The molecular weight excluding hydrogens is 292 g/mol. The van der Waals surface area contributed by atoms with Gasteiger partial charge in [0.15, 0.2) is 0 Å². The topological polar surface area (TPSA) is 79.2 Å². The van der Waals surface area contributed by atoms with Crippen LogP contribution >= 0.6 is 0 Å². The van der Waals surface area contributed by atoms with Crippen LogP contribution in [0.1, 0.15) is 37.1 Å². The number of carbonyl (C=O) groups excluding carboxylic acids is 1. The standard InChI is InChI=1S/C17H24N4O2/c1-3-7-14-12-16(21(2)20-14)19-17(23)18-11-10-15(22)13-8-5-4-6-9-13/h4-6,8-9,12,15,22H,3,7,10-11H2,1-2H3,(H2,18,19,23). The van der Waals surface area contributed by atoms with E-state index in [1.165, 1.54) is 0 Å². The normalized spacial score (nSPS) is 12.0. The molecule has 1 atom stereocenters. The Morgan fingerprint density at radius 3 is 2.78 bits per heavy atom. The van der Waals surface area contributed by atoms with Gasteiger partial charge in [-0.3, -0.25) is 10.00 Å². The van der Waals surface area contributed by atoms with E-state index in [0.717, 1.165) is 24.1 Å². The molecule has 0 saturated heterocycles. The number of anilines is 1. The highest BCUT2D eigenvalue weighted by atomic mass is 16.3. The van der Waals surface area contributed by atoms with Crippen LogP contribution in [-0.4, -0.2) is 27.5 Å². The summed E-state index contributed by atoms with van der Waals surface area (Å²) in [6.45, 7) is 2.48. The summed E-state index contributed by atoms with van der Waals surface area (Å²) in [7, 11) is 1.80. The Morgan fingerprint density at radius 2 is 2.09 bits per heavy atom. The van der Waals surface area contributed by atoms with Crippen LogP contribution in [0.2, 0.25) is 0 Å². The molecule has 6 nitrogen and oxygen atoms in total.